The lowest BCUT2D eigenvalue weighted by Crippen LogP contribution is -2.29. The summed E-state index contributed by atoms with van der Waals surface area (Å²) in [6.45, 7) is 3.61. The van der Waals surface area contributed by atoms with Crippen LogP contribution >= 0.6 is 0 Å². The zero-order valence-corrected chi connectivity index (χ0v) is 17.2. The molecule has 0 saturated heterocycles. The Hall–Kier alpha value is -2.35. The minimum absolute atomic E-state index is 0.0281. The number of ketones is 1. The molecule has 2 nitrogen and oxygen atoms in total. The van der Waals surface area contributed by atoms with Gasteiger partial charge in [-0.3, -0.25) is 4.79 Å². The molecule has 1 unspecified atom stereocenters. The predicted molar refractivity (Wildman–Crippen MR) is 104 cm³/mol. The molecule has 0 spiro atoms. The van der Waals surface area contributed by atoms with Crippen LogP contribution in [0.5, 0.6) is 0 Å². The molecular formula is C23H24F6O2. The summed E-state index contributed by atoms with van der Waals surface area (Å²) in [5, 5.41) is 0. The number of Topliss-reactive ketones (excluding diaryl/α,β-unsaturated/α-hetero) is 1. The van der Waals surface area contributed by atoms with Crippen LogP contribution in [0.15, 0.2) is 48.5 Å². The lowest BCUT2D eigenvalue weighted by Gasteiger charge is -2.28. The lowest BCUT2D eigenvalue weighted by atomic mass is 9.79. The van der Waals surface area contributed by atoms with Crippen LogP contribution in [0.1, 0.15) is 55.4 Å². The quantitative estimate of drug-likeness (QED) is 0.464. The topological polar surface area (TPSA) is 26.3 Å². The van der Waals surface area contributed by atoms with E-state index in [-0.39, 0.29) is 30.4 Å². The Morgan fingerprint density at radius 1 is 0.903 bits per heavy atom. The minimum atomic E-state index is -4.90. The first-order chi connectivity index (χ1) is 14.5. The molecule has 2 aromatic carbocycles. The number of carbonyl (C=O) groups excluding carboxylic acids is 1. The summed E-state index contributed by atoms with van der Waals surface area (Å²) in [5.74, 6) is 0.0517. The standard InChI is InChI=1S/C21H18F6O2.C2H6/c22-20(23,24)16-8-14(9-17(10-16)21(25,26)27)12-29-13-19(7-6-18(28)11-19)15-4-2-1-3-5-15;1-2/h1-5,8-10H,6-7,11-13H2;1-2H3. The van der Waals surface area contributed by atoms with Crippen molar-refractivity contribution in [2.75, 3.05) is 6.61 Å². The molecule has 1 saturated carbocycles. The minimum Gasteiger partial charge on any atom is -0.376 e. The summed E-state index contributed by atoms with van der Waals surface area (Å²) in [7, 11) is 0. The van der Waals surface area contributed by atoms with Gasteiger partial charge in [-0.1, -0.05) is 44.2 Å². The second-order valence-corrected chi connectivity index (χ2v) is 7.27. The van der Waals surface area contributed by atoms with E-state index in [1.807, 2.05) is 44.2 Å². The highest BCUT2D eigenvalue weighted by molar-refractivity contribution is 5.82. The van der Waals surface area contributed by atoms with Gasteiger partial charge in [0.1, 0.15) is 5.78 Å². The molecule has 0 aromatic heterocycles. The van der Waals surface area contributed by atoms with Gasteiger partial charge in [-0.2, -0.15) is 26.3 Å². The molecule has 8 heteroatoms. The number of alkyl halides is 6. The van der Waals surface area contributed by atoms with Crippen molar-refractivity contribution in [3.63, 3.8) is 0 Å². The number of rotatable bonds is 5. The summed E-state index contributed by atoms with van der Waals surface area (Å²) in [5.41, 5.74) is -2.72. The fraction of sp³-hybridized carbons (Fsp3) is 0.435. The first-order valence-electron chi connectivity index (χ1n) is 9.93. The van der Waals surface area contributed by atoms with Crippen molar-refractivity contribution in [2.24, 2.45) is 0 Å². The number of ether oxygens (including phenoxy) is 1. The van der Waals surface area contributed by atoms with Crippen molar-refractivity contribution in [3.05, 3.63) is 70.8 Å². The zero-order valence-electron chi connectivity index (χ0n) is 17.2. The molecule has 0 heterocycles. The van der Waals surface area contributed by atoms with Crippen molar-refractivity contribution in [3.8, 4) is 0 Å². The number of halogens is 6. The second-order valence-electron chi connectivity index (χ2n) is 7.27. The van der Waals surface area contributed by atoms with Gasteiger partial charge in [0.2, 0.25) is 0 Å². The van der Waals surface area contributed by atoms with Gasteiger partial charge in [0.05, 0.1) is 24.3 Å². The van der Waals surface area contributed by atoms with E-state index in [4.69, 9.17) is 4.74 Å². The van der Waals surface area contributed by atoms with E-state index >= 15 is 0 Å². The Balaban J connectivity index is 0.00000166. The van der Waals surface area contributed by atoms with Gasteiger partial charge < -0.3 is 4.74 Å². The molecule has 170 valence electrons. The van der Waals surface area contributed by atoms with Gasteiger partial charge in [-0.15, -0.1) is 0 Å². The summed E-state index contributed by atoms with van der Waals surface area (Å²) < 4.78 is 83.5. The third-order valence-corrected chi connectivity index (χ3v) is 5.10. The number of hydrogen-bond donors (Lipinski definition) is 0. The van der Waals surface area contributed by atoms with E-state index in [9.17, 15) is 31.1 Å². The second kappa shape index (κ2) is 9.85. The van der Waals surface area contributed by atoms with Crippen LogP contribution in [-0.2, 0) is 33.9 Å². The Kier molecular flexibility index (Phi) is 7.92. The molecule has 1 aliphatic carbocycles. The number of benzene rings is 2. The van der Waals surface area contributed by atoms with Crippen molar-refractivity contribution >= 4 is 5.78 Å². The van der Waals surface area contributed by atoms with Crippen LogP contribution in [0, 0.1) is 0 Å². The highest BCUT2D eigenvalue weighted by Crippen LogP contribution is 2.40. The largest absolute Gasteiger partial charge is 0.416 e. The maximum atomic E-state index is 13.0. The summed E-state index contributed by atoms with van der Waals surface area (Å²) >= 11 is 0. The third-order valence-electron chi connectivity index (χ3n) is 5.10. The van der Waals surface area contributed by atoms with Crippen molar-refractivity contribution < 1.29 is 35.9 Å². The van der Waals surface area contributed by atoms with Gasteiger partial charge in [-0.05, 0) is 35.7 Å². The normalized spacial score (nSPS) is 19.2. The lowest BCUT2D eigenvalue weighted by molar-refractivity contribution is -0.143. The molecule has 0 bridgehead atoms. The zero-order chi connectivity index (χ0) is 23.3. The maximum Gasteiger partial charge on any atom is 0.416 e. The highest BCUT2D eigenvalue weighted by Gasteiger charge is 2.40. The molecule has 0 amide bonds. The van der Waals surface area contributed by atoms with Crippen molar-refractivity contribution in [1.82, 2.24) is 0 Å². The van der Waals surface area contributed by atoms with E-state index < -0.39 is 35.5 Å². The van der Waals surface area contributed by atoms with E-state index in [0.717, 1.165) is 5.56 Å². The SMILES string of the molecule is CC.O=C1CCC(COCc2cc(C(F)(F)F)cc(C(F)(F)F)c2)(c2ccccc2)C1. The molecule has 2 aromatic rings. The molecule has 31 heavy (non-hydrogen) atoms. The first kappa shape index (κ1) is 24.9. The Bertz CT molecular complexity index is 842. The molecule has 0 N–H and O–H groups in total. The highest BCUT2D eigenvalue weighted by atomic mass is 19.4. The predicted octanol–water partition coefficient (Wildman–Crippen LogP) is 6.96. The average Bonchev–Trinajstić information content (AvgIpc) is 3.11. The van der Waals surface area contributed by atoms with Crippen molar-refractivity contribution in [2.45, 2.75) is 57.5 Å². The van der Waals surface area contributed by atoms with Crippen LogP contribution in [-0.4, -0.2) is 12.4 Å². The van der Waals surface area contributed by atoms with E-state index in [1.54, 1.807) is 0 Å². The fourth-order valence-corrected chi connectivity index (χ4v) is 3.64. The molecule has 0 aliphatic heterocycles. The third kappa shape index (κ3) is 6.32. The van der Waals surface area contributed by atoms with Crippen LogP contribution in [0.3, 0.4) is 0 Å². The molecular weight excluding hydrogens is 422 g/mol. The van der Waals surface area contributed by atoms with Crippen molar-refractivity contribution in [1.29, 1.82) is 0 Å². The summed E-state index contributed by atoms with van der Waals surface area (Å²) in [4.78, 5) is 11.9. The number of hydrogen-bond acceptors (Lipinski definition) is 2. The number of carbonyl (C=O) groups is 1. The van der Waals surface area contributed by atoms with Crippen LogP contribution in [0.2, 0.25) is 0 Å². The van der Waals surface area contributed by atoms with Gasteiger partial charge in [0.15, 0.2) is 0 Å². The van der Waals surface area contributed by atoms with Crippen LogP contribution < -0.4 is 0 Å². The van der Waals surface area contributed by atoms with Crippen LogP contribution in [0.25, 0.3) is 0 Å². The smallest absolute Gasteiger partial charge is 0.376 e. The molecule has 1 fully saturated rings. The monoisotopic (exact) mass is 446 g/mol. The Morgan fingerprint density at radius 3 is 1.90 bits per heavy atom. The molecule has 0 radical (unpaired) electrons. The molecule has 1 atom stereocenters. The summed E-state index contributed by atoms with van der Waals surface area (Å²) in [6.07, 6.45) is -8.70. The van der Waals surface area contributed by atoms with Crippen LogP contribution in [0.4, 0.5) is 26.3 Å². The van der Waals surface area contributed by atoms with E-state index in [2.05, 4.69) is 0 Å². The summed E-state index contributed by atoms with van der Waals surface area (Å²) in [6, 6.07) is 10.5. The fourth-order valence-electron chi connectivity index (χ4n) is 3.64. The van der Waals surface area contributed by atoms with Gasteiger partial charge >= 0.3 is 12.4 Å². The van der Waals surface area contributed by atoms with Gasteiger partial charge in [0.25, 0.3) is 0 Å². The molecule has 3 rings (SSSR count). The molecule has 1 aliphatic rings. The van der Waals surface area contributed by atoms with Gasteiger partial charge in [0, 0.05) is 18.3 Å². The maximum absolute atomic E-state index is 13.0. The Labute approximate surface area is 177 Å². The van der Waals surface area contributed by atoms with Gasteiger partial charge in [-0.25, -0.2) is 0 Å². The average molecular weight is 446 g/mol. The first-order valence-corrected chi connectivity index (χ1v) is 9.93. The van der Waals surface area contributed by atoms with E-state index in [0.29, 0.717) is 25.0 Å². The van der Waals surface area contributed by atoms with E-state index in [1.165, 1.54) is 0 Å². The Morgan fingerprint density at radius 2 is 1.45 bits per heavy atom.